The average molecular weight is 175 g/mol. The Hall–Kier alpha value is -1.80. The monoisotopic (exact) mass is 175 g/mol. The van der Waals surface area contributed by atoms with E-state index in [1.807, 2.05) is 19.1 Å². The van der Waals surface area contributed by atoms with E-state index in [1.165, 1.54) is 0 Å². The fraction of sp³-hybridized carbons (Fsp3) is 0.222. The van der Waals surface area contributed by atoms with Gasteiger partial charge in [0.1, 0.15) is 0 Å². The summed E-state index contributed by atoms with van der Waals surface area (Å²) in [7, 11) is 0. The van der Waals surface area contributed by atoms with Crippen molar-refractivity contribution in [1.82, 2.24) is 0 Å². The molecule has 1 amide bonds. The summed E-state index contributed by atoms with van der Waals surface area (Å²) in [6.45, 7) is 1.95. The van der Waals surface area contributed by atoms with Gasteiger partial charge in [-0.1, -0.05) is 29.9 Å². The number of hydrogen-bond donors (Lipinski definition) is 0. The molecule has 4 heteroatoms. The predicted octanol–water partition coefficient (Wildman–Crippen LogP) is 2.66. The van der Waals surface area contributed by atoms with Gasteiger partial charge < -0.3 is 0 Å². The minimum Gasteiger partial charge on any atom is -0.287 e. The van der Waals surface area contributed by atoms with Gasteiger partial charge in [-0.3, -0.25) is 4.79 Å². The fourth-order valence-electron chi connectivity index (χ4n) is 0.986. The minimum absolute atomic E-state index is 0.450. The van der Waals surface area contributed by atoms with Crippen LogP contribution in [0.4, 0.5) is 0 Å². The third kappa shape index (κ3) is 2.61. The van der Waals surface area contributed by atoms with Crippen LogP contribution in [0.25, 0.3) is 10.4 Å². The van der Waals surface area contributed by atoms with Crippen LogP contribution in [-0.2, 0) is 4.79 Å². The van der Waals surface area contributed by atoms with E-state index in [0.717, 1.165) is 5.57 Å². The molecular weight excluding hydrogens is 166 g/mol. The highest BCUT2D eigenvalue weighted by Gasteiger charge is 2.03. The number of amides is 1. The summed E-state index contributed by atoms with van der Waals surface area (Å²) < 4.78 is 0. The lowest BCUT2D eigenvalue weighted by Crippen LogP contribution is -1.93. The van der Waals surface area contributed by atoms with Gasteiger partial charge in [0, 0.05) is 10.5 Å². The summed E-state index contributed by atoms with van der Waals surface area (Å²) >= 11 is 0. The van der Waals surface area contributed by atoms with Crippen LogP contribution in [-0.4, -0.2) is 5.91 Å². The standard InChI is InChI=1S/C9H9N3O/c1-7-3-2-4-8(6-5-7)9(13)11-12-10/h3-6H,2H2,1H3. The maximum atomic E-state index is 11.1. The molecule has 66 valence electrons. The lowest BCUT2D eigenvalue weighted by Gasteiger charge is -1.90. The molecule has 1 aliphatic rings. The van der Waals surface area contributed by atoms with Gasteiger partial charge in [-0.05, 0) is 24.0 Å². The van der Waals surface area contributed by atoms with Crippen LogP contribution in [0.1, 0.15) is 13.3 Å². The third-order valence-corrected chi connectivity index (χ3v) is 1.69. The Balaban J connectivity index is 2.85. The van der Waals surface area contributed by atoms with Crippen LogP contribution in [0.15, 0.2) is 40.6 Å². The number of rotatable bonds is 1. The first kappa shape index (κ1) is 9.29. The lowest BCUT2D eigenvalue weighted by molar-refractivity contribution is -0.114. The number of nitrogens with zero attached hydrogens (tertiary/aromatic N) is 3. The van der Waals surface area contributed by atoms with Gasteiger partial charge in [0.05, 0.1) is 0 Å². The topological polar surface area (TPSA) is 65.8 Å². The maximum absolute atomic E-state index is 11.1. The summed E-state index contributed by atoms with van der Waals surface area (Å²) in [5.74, 6) is -0.526. The molecule has 0 aromatic carbocycles. The predicted molar refractivity (Wildman–Crippen MR) is 49.8 cm³/mol. The molecule has 0 spiro atoms. The highest BCUT2D eigenvalue weighted by molar-refractivity contribution is 5.97. The largest absolute Gasteiger partial charge is 0.287 e. The lowest BCUT2D eigenvalue weighted by atomic mass is 10.2. The third-order valence-electron chi connectivity index (χ3n) is 1.69. The Morgan fingerprint density at radius 2 is 2.31 bits per heavy atom. The molecular formula is C9H9N3O. The SMILES string of the molecule is CC1=CCC=C(C(=O)N=[N+]=[N-])C=C1. The van der Waals surface area contributed by atoms with Crippen molar-refractivity contribution < 1.29 is 4.79 Å². The number of azide groups is 1. The van der Waals surface area contributed by atoms with E-state index in [0.29, 0.717) is 12.0 Å². The molecule has 0 atom stereocenters. The van der Waals surface area contributed by atoms with Crippen molar-refractivity contribution in [2.75, 3.05) is 0 Å². The smallest absolute Gasteiger partial charge is 0.248 e. The first-order chi connectivity index (χ1) is 6.24. The van der Waals surface area contributed by atoms with E-state index >= 15 is 0 Å². The van der Waals surface area contributed by atoms with Crippen LogP contribution in [0, 0.1) is 0 Å². The molecule has 1 rings (SSSR count). The highest BCUT2D eigenvalue weighted by Crippen LogP contribution is 2.11. The summed E-state index contributed by atoms with van der Waals surface area (Å²) in [6.07, 6.45) is 7.91. The van der Waals surface area contributed by atoms with Crippen LogP contribution < -0.4 is 0 Å². The quantitative estimate of drug-likeness (QED) is 0.343. The molecule has 0 bridgehead atoms. The Morgan fingerprint density at radius 1 is 1.54 bits per heavy atom. The van der Waals surface area contributed by atoms with E-state index < -0.39 is 5.91 Å². The Bertz CT molecular complexity index is 357. The molecule has 0 aromatic rings. The maximum Gasteiger partial charge on any atom is 0.248 e. The van der Waals surface area contributed by atoms with Crippen molar-refractivity contribution in [3.05, 3.63) is 45.9 Å². The molecule has 0 aromatic heterocycles. The number of allylic oxidation sites excluding steroid dienone is 4. The fourth-order valence-corrected chi connectivity index (χ4v) is 0.986. The Kier molecular flexibility index (Phi) is 3.06. The van der Waals surface area contributed by atoms with Crippen molar-refractivity contribution >= 4 is 5.91 Å². The summed E-state index contributed by atoms with van der Waals surface area (Å²) in [5.41, 5.74) is 9.61. The van der Waals surface area contributed by atoms with Crippen LogP contribution in [0.2, 0.25) is 0 Å². The average Bonchev–Trinajstić information content (AvgIpc) is 2.30. The van der Waals surface area contributed by atoms with Crippen LogP contribution in [0.3, 0.4) is 0 Å². The van der Waals surface area contributed by atoms with Gasteiger partial charge in [0.2, 0.25) is 5.91 Å². The zero-order valence-corrected chi connectivity index (χ0v) is 7.27. The molecule has 0 aliphatic heterocycles. The van der Waals surface area contributed by atoms with E-state index in [1.54, 1.807) is 12.2 Å². The molecule has 0 fully saturated rings. The van der Waals surface area contributed by atoms with Crippen molar-refractivity contribution in [3.8, 4) is 0 Å². The van der Waals surface area contributed by atoms with E-state index in [4.69, 9.17) is 5.53 Å². The molecule has 0 heterocycles. The highest BCUT2D eigenvalue weighted by atomic mass is 16.1. The number of hydrogen-bond acceptors (Lipinski definition) is 1. The van der Waals surface area contributed by atoms with E-state index in [-0.39, 0.29) is 0 Å². The first-order valence-corrected chi connectivity index (χ1v) is 3.88. The molecule has 4 nitrogen and oxygen atoms in total. The van der Waals surface area contributed by atoms with Gasteiger partial charge in [-0.25, -0.2) is 0 Å². The summed E-state index contributed by atoms with van der Waals surface area (Å²) in [5, 5.41) is 3.01. The van der Waals surface area contributed by atoms with Crippen LogP contribution >= 0.6 is 0 Å². The first-order valence-electron chi connectivity index (χ1n) is 3.88. The second-order valence-corrected chi connectivity index (χ2v) is 2.67. The minimum atomic E-state index is -0.526. The van der Waals surface area contributed by atoms with Gasteiger partial charge in [0.25, 0.3) is 0 Å². The normalized spacial score (nSPS) is 15.2. The Morgan fingerprint density at radius 3 is 3.00 bits per heavy atom. The molecule has 1 aliphatic carbocycles. The molecule has 0 saturated carbocycles. The van der Waals surface area contributed by atoms with Crippen molar-refractivity contribution in [1.29, 1.82) is 0 Å². The molecule has 0 saturated heterocycles. The molecule has 13 heavy (non-hydrogen) atoms. The zero-order chi connectivity index (χ0) is 9.68. The summed E-state index contributed by atoms with van der Waals surface area (Å²) in [6, 6.07) is 0. The van der Waals surface area contributed by atoms with E-state index in [9.17, 15) is 4.79 Å². The van der Waals surface area contributed by atoms with Crippen molar-refractivity contribution in [3.63, 3.8) is 0 Å². The second kappa shape index (κ2) is 4.28. The molecule has 0 N–H and O–H groups in total. The Labute approximate surface area is 75.9 Å². The van der Waals surface area contributed by atoms with Gasteiger partial charge >= 0.3 is 0 Å². The van der Waals surface area contributed by atoms with Crippen molar-refractivity contribution in [2.45, 2.75) is 13.3 Å². The summed E-state index contributed by atoms with van der Waals surface area (Å²) in [4.78, 5) is 13.5. The van der Waals surface area contributed by atoms with Gasteiger partial charge in [0.15, 0.2) is 0 Å². The van der Waals surface area contributed by atoms with Crippen LogP contribution in [0.5, 0.6) is 0 Å². The number of carbonyl (C=O) groups excluding carboxylic acids is 1. The van der Waals surface area contributed by atoms with Crippen molar-refractivity contribution in [2.24, 2.45) is 5.11 Å². The molecule has 0 unspecified atom stereocenters. The zero-order valence-electron chi connectivity index (χ0n) is 7.27. The second-order valence-electron chi connectivity index (χ2n) is 2.67. The number of carbonyl (C=O) groups is 1. The van der Waals surface area contributed by atoms with Gasteiger partial charge in [-0.2, -0.15) is 0 Å². The van der Waals surface area contributed by atoms with Gasteiger partial charge in [-0.15, -0.1) is 0 Å². The van der Waals surface area contributed by atoms with E-state index in [2.05, 4.69) is 10.0 Å². The molecule has 0 radical (unpaired) electrons.